The summed E-state index contributed by atoms with van der Waals surface area (Å²) < 4.78 is 68.2. The summed E-state index contributed by atoms with van der Waals surface area (Å²) in [5.74, 6) is -2.31. The molecule has 4 aliphatic carbocycles. The summed E-state index contributed by atoms with van der Waals surface area (Å²) in [6.45, 7) is 16.2. The molecule has 3 heterocycles. The number of hydrogen-bond donors (Lipinski definition) is 3. The van der Waals surface area contributed by atoms with Crippen LogP contribution in [0.25, 0.3) is 0 Å². The molecule has 376 valence electrons. The smallest absolute Gasteiger partial charge is 0.306 e. The van der Waals surface area contributed by atoms with E-state index in [1.54, 1.807) is 21.1 Å². The van der Waals surface area contributed by atoms with Gasteiger partial charge in [0.05, 0.1) is 42.2 Å². The molecule has 3 saturated heterocycles. The highest BCUT2D eigenvalue weighted by Gasteiger charge is 2.75. The van der Waals surface area contributed by atoms with E-state index < -0.39 is 126 Å². The number of ketones is 1. The maximum absolute atomic E-state index is 13.5. The van der Waals surface area contributed by atoms with Gasteiger partial charge < -0.3 is 67.4 Å². The Morgan fingerprint density at radius 3 is 1.97 bits per heavy atom. The van der Waals surface area contributed by atoms with Gasteiger partial charge in [-0.2, -0.15) is 0 Å². The van der Waals surface area contributed by atoms with Crippen molar-refractivity contribution >= 4 is 17.7 Å². The lowest BCUT2D eigenvalue weighted by Crippen LogP contribution is -2.72. The molecule has 0 aromatic carbocycles. The van der Waals surface area contributed by atoms with Crippen LogP contribution in [0.5, 0.6) is 0 Å². The van der Waals surface area contributed by atoms with Crippen molar-refractivity contribution in [3.05, 3.63) is 11.6 Å². The molecule has 3 N–H and O–H groups in total. The number of allylic oxidation sites excluding steroid dienone is 1. The Hall–Kier alpha value is -2.13. The van der Waals surface area contributed by atoms with E-state index in [1.165, 1.54) is 21.0 Å². The van der Waals surface area contributed by atoms with Gasteiger partial charge in [0.1, 0.15) is 48.5 Å². The lowest BCUT2D eigenvalue weighted by molar-refractivity contribution is -0.352. The third kappa shape index (κ3) is 9.44. The Kier molecular flexibility index (Phi) is 15.9. The first kappa shape index (κ1) is 51.7. The van der Waals surface area contributed by atoms with E-state index in [0.29, 0.717) is 51.4 Å². The first-order valence-electron chi connectivity index (χ1n) is 24.3. The molecule has 1 unspecified atom stereocenters. The van der Waals surface area contributed by atoms with Gasteiger partial charge in [-0.25, -0.2) is 0 Å². The number of fused-ring (bicyclic) bond motifs is 5. The van der Waals surface area contributed by atoms with E-state index >= 15 is 0 Å². The molecule has 3 saturated carbocycles. The Morgan fingerprint density at radius 1 is 0.773 bits per heavy atom. The topological polar surface area (TPSA) is 213 Å². The van der Waals surface area contributed by atoms with Gasteiger partial charge in [-0.1, -0.05) is 39.3 Å². The van der Waals surface area contributed by atoms with Crippen molar-refractivity contribution in [3.8, 4) is 0 Å². The molecular weight excluding hydrogens is 861 g/mol. The summed E-state index contributed by atoms with van der Waals surface area (Å²) in [6, 6.07) is 0. The molecule has 3 aliphatic heterocycles. The molecule has 66 heavy (non-hydrogen) atoms. The molecule has 17 nitrogen and oxygen atoms in total. The van der Waals surface area contributed by atoms with Crippen LogP contribution in [-0.2, 0) is 66.5 Å². The van der Waals surface area contributed by atoms with Crippen LogP contribution in [0.4, 0.5) is 0 Å². The van der Waals surface area contributed by atoms with Crippen LogP contribution in [-0.4, -0.2) is 158 Å². The minimum atomic E-state index is -1.35. The molecule has 0 aromatic rings. The Labute approximate surface area is 390 Å². The summed E-state index contributed by atoms with van der Waals surface area (Å²) >= 11 is 0. The van der Waals surface area contributed by atoms with E-state index in [4.69, 9.17) is 52.1 Å². The number of esters is 2. The van der Waals surface area contributed by atoms with Crippen LogP contribution in [0.2, 0.25) is 0 Å². The predicted molar refractivity (Wildman–Crippen MR) is 234 cm³/mol. The summed E-state index contributed by atoms with van der Waals surface area (Å²) in [4.78, 5) is 39.8. The molecule has 0 bridgehead atoms. The highest BCUT2D eigenvalue weighted by atomic mass is 16.8. The minimum Gasteiger partial charge on any atom is -0.458 e. The van der Waals surface area contributed by atoms with Gasteiger partial charge in [-0.15, -0.1) is 0 Å². The molecule has 7 rings (SSSR count). The summed E-state index contributed by atoms with van der Waals surface area (Å²) in [5, 5.41) is 34.4. The monoisotopic (exact) mass is 939 g/mol. The molecule has 7 aliphatic rings. The first-order chi connectivity index (χ1) is 31.1. The molecule has 0 radical (unpaired) electrons. The van der Waals surface area contributed by atoms with Crippen LogP contribution in [0, 0.1) is 34.5 Å². The van der Waals surface area contributed by atoms with Gasteiger partial charge in [0, 0.05) is 64.8 Å². The highest BCUT2D eigenvalue weighted by Crippen LogP contribution is 2.69. The van der Waals surface area contributed by atoms with E-state index in [0.717, 1.165) is 5.57 Å². The minimum absolute atomic E-state index is 0.0185. The van der Waals surface area contributed by atoms with E-state index in [-0.39, 0.29) is 36.1 Å². The fraction of sp³-hybridized carbons (Fsp3) is 0.898. The number of Topliss-reactive ketones (excluding diaryl/α,β-unsaturated/α-hetero) is 1. The second-order valence-electron chi connectivity index (χ2n) is 21.2. The van der Waals surface area contributed by atoms with E-state index in [9.17, 15) is 29.7 Å². The number of hydrogen-bond acceptors (Lipinski definition) is 17. The van der Waals surface area contributed by atoms with Crippen molar-refractivity contribution < 1.29 is 81.8 Å². The van der Waals surface area contributed by atoms with Crippen molar-refractivity contribution in [3.63, 3.8) is 0 Å². The SMILES string of the molecule is CO[C@H]1[C@@H](O)[C@H](O[C@H]2[C@@H](OC)C[C@H](O[C@H]3[C@@H](OC)C[C@H](O[C@H]4CC[C@@]5(C)C(=CC[C@@H]6C5[C@H](OC(C)=O)[C@@H](OC(=O)CC(C)C)[C@]5(C)[C@@H](C(C)=O)CC[C@]65O)C4)O[C@@H]3C)O[C@@H]2C)O[C@H](C)[C@H]1O. The average Bonchev–Trinajstić information content (AvgIpc) is 3.53. The van der Waals surface area contributed by atoms with Crippen molar-refractivity contribution in [2.24, 2.45) is 34.5 Å². The van der Waals surface area contributed by atoms with Crippen molar-refractivity contribution in [2.45, 2.75) is 224 Å². The molecule has 0 amide bonds. The fourth-order valence-electron chi connectivity index (χ4n) is 13.4. The third-order valence-corrected chi connectivity index (χ3v) is 16.8. The van der Waals surface area contributed by atoms with Gasteiger partial charge in [0.25, 0.3) is 0 Å². The lowest BCUT2D eigenvalue weighted by Gasteiger charge is -2.64. The molecule has 0 spiro atoms. The van der Waals surface area contributed by atoms with Crippen molar-refractivity contribution in [1.29, 1.82) is 0 Å². The van der Waals surface area contributed by atoms with E-state index in [1.807, 2.05) is 34.6 Å². The number of aliphatic hydroxyl groups is 3. The number of aliphatic hydroxyl groups excluding tert-OH is 2. The maximum atomic E-state index is 13.5. The Balaban J connectivity index is 1.02. The molecule has 0 aromatic heterocycles. The fourth-order valence-corrected chi connectivity index (χ4v) is 13.4. The summed E-state index contributed by atoms with van der Waals surface area (Å²) in [5.41, 5.74) is -1.91. The number of rotatable bonds is 14. The Morgan fingerprint density at radius 2 is 1.39 bits per heavy atom. The molecule has 17 heteroatoms. The molecule has 6 fully saturated rings. The highest BCUT2D eigenvalue weighted by molar-refractivity contribution is 5.80. The molecular formula is C49H78O17. The largest absolute Gasteiger partial charge is 0.458 e. The summed E-state index contributed by atoms with van der Waals surface area (Å²) in [6.07, 6.45) is -4.93. The van der Waals surface area contributed by atoms with Crippen LogP contribution in [0.15, 0.2) is 11.6 Å². The van der Waals surface area contributed by atoms with Gasteiger partial charge in [0.15, 0.2) is 18.9 Å². The zero-order valence-corrected chi connectivity index (χ0v) is 41.0. The van der Waals surface area contributed by atoms with Crippen molar-refractivity contribution in [2.75, 3.05) is 21.3 Å². The van der Waals surface area contributed by atoms with Crippen LogP contribution in [0.3, 0.4) is 0 Å². The standard InChI is InChI=1S/C49H78O17/c1-23(2)19-35(52)64-45-43(62-28(7)51)38-32(49(55)18-16-31(24(3)50)48(45,49)9)14-13-29-20-30(15-17-47(29,38)8)63-36-21-33(56-10)41(26(5)59-36)65-37-22-34(57-11)42(27(6)60-37)66-46-40(54)44(58-12)39(53)25(4)61-46/h13,23,25-27,30-34,36-46,53-55H,14-22H2,1-12H3/t25-,26-,27-,30+,31-,32-,33+,34+,36+,37+,38?,39-,40-,41-,42-,43+,44-,45-,46+,47+,48+,49+/m1/s1. The summed E-state index contributed by atoms with van der Waals surface area (Å²) in [7, 11) is 4.63. The van der Waals surface area contributed by atoms with Crippen LogP contribution < -0.4 is 0 Å². The van der Waals surface area contributed by atoms with Crippen molar-refractivity contribution in [1.82, 2.24) is 0 Å². The van der Waals surface area contributed by atoms with Crippen LogP contribution in [0.1, 0.15) is 120 Å². The Bertz CT molecular complexity index is 1760. The predicted octanol–water partition coefficient (Wildman–Crippen LogP) is 4.32. The molecule has 22 atom stereocenters. The van der Waals surface area contributed by atoms with Gasteiger partial charge in [-0.05, 0) is 83.5 Å². The van der Waals surface area contributed by atoms with Gasteiger partial charge >= 0.3 is 11.9 Å². The van der Waals surface area contributed by atoms with E-state index in [2.05, 4.69) is 13.0 Å². The van der Waals surface area contributed by atoms with Gasteiger partial charge in [-0.3, -0.25) is 14.4 Å². The average molecular weight is 939 g/mol. The first-order valence-corrected chi connectivity index (χ1v) is 24.3. The zero-order chi connectivity index (χ0) is 48.2. The number of carbonyl (C=O) groups is 3. The zero-order valence-electron chi connectivity index (χ0n) is 41.0. The second kappa shape index (κ2) is 20.3. The number of methoxy groups -OCH3 is 3. The van der Waals surface area contributed by atoms with Crippen LogP contribution >= 0.6 is 0 Å². The third-order valence-electron chi connectivity index (χ3n) is 16.8. The quantitative estimate of drug-likeness (QED) is 0.163. The number of carbonyl (C=O) groups excluding carboxylic acids is 3. The second-order valence-corrected chi connectivity index (χ2v) is 21.2. The van der Waals surface area contributed by atoms with Gasteiger partial charge in [0.2, 0.25) is 0 Å². The normalized spacial score (nSPS) is 48.1. The lowest BCUT2D eigenvalue weighted by atomic mass is 9.44. The maximum Gasteiger partial charge on any atom is 0.306 e. The number of ether oxygens (including phenoxy) is 11.